The van der Waals surface area contributed by atoms with Gasteiger partial charge in [0.15, 0.2) is 0 Å². The molecule has 1 fully saturated rings. The Morgan fingerprint density at radius 2 is 2.12 bits per heavy atom. The zero-order chi connectivity index (χ0) is 17.9. The largest absolute Gasteiger partial charge is 0.380 e. The van der Waals surface area contributed by atoms with Crippen LogP contribution in [0.4, 0.5) is 11.4 Å². The van der Waals surface area contributed by atoms with Crippen LogP contribution < -0.4 is 10.6 Å². The number of nitrogens with one attached hydrogen (secondary N) is 2. The second-order valence-corrected chi connectivity index (χ2v) is 6.75. The van der Waals surface area contributed by atoms with E-state index in [0.717, 1.165) is 6.20 Å². The summed E-state index contributed by atoms with van der Waals surface area (Å²) in [5.74, 6) is -0.367. The number of rotatable bonds is 5. The van der Waals surface area contributed by atoms with E-state index in [2.05, 4.69) is 15.6 Å². The molecule has 0 atom stereocenters. The summed E-state index contributed by atoms with van der Waals surface area (Å²) in [6, 6.07) is 1.28. The molecule has 1 amide bonds. The Kier molecular flexibility index (Phi) is 5.61. The zero-order valence-corrected chi connectivity index (χ0v) is 14.3. The lowest BCUT2D eigenvalue weighted by Crippen LogP contribution is -2.52. The van der Waals surface area contributed by atoms with Gasteiger partial charge in [0.2, 0.25) is 0 Å². The fourth-order valence-corrected chi connectivity index (χ4v) is 2.92. The summed E-state index contributed by atoms with van der Waals surface area (Å²) in [6.07, 6.45) is 2.71. The quantitative estimate of drug-likeness (QED) is 0.423. The highest BCUT2D eigenvalue weighted by atomic mass is 35.5. The van der Waals surface area contributed by atoms with E-state index in [0.29, 0.717) is 18.5 Å². The van der Waals surface area contributed by atoms with Crippen LogP contribution in [0.25, 0.3) is 0 Å². The van der Waals surface area contributed by atoms with Crippen molar-refractivity contribution in [2.75, 3.05) is 5.32 Å². The van der Waals surface area contributed by atoms with Gasteiger partial charge in [0.05, 0.1) is 4.92 Å². The number of amides is 1. The molecule has 0 aliphatic heterocycles. The molecule has 8 nitrogen and oxygen atoms in total. The van der Waals surface area contributed by atoms with Gasteiger partial charge in [0, 0.05) is 18.2 Å². The van der Waals surface area contributed by atoms with Crippen LogP contribution >= 0.6 is 11.6 Å². The van der Waals surface area contributed by atoms with Crippen molar-refractivity contribution in [3.63, 3.8) is 0 Å². The van der Waals surface area contributed by atoms with Crippen molar-refractivity contribution in [1.29, 1.82) is 0 Å². The summed E-state index contributed by atoms with van der Waals surface area (Å²) in [7, 11) is 0. The van der Waals surface area contributed by atoms with Crippen LogP contribution in [-0.4, -0.2) is 38.6 Å². The number of aliphatic hydroxyl groups is 1. The van der Waals surface area contributed by atoms with Crippen LogP contribution in [0.3, 0.4) is 0 Å². The molecular formula is C15H21ClN4O4. The summed E-state index contributed by atoms with van der Waals surface area (Å²) in [6.45, 7) is 3.67. The molecular weight excluding hydrogens is 336 g/mol. The first-order chi connectivity index (χ1) is 11.2. The molecule has 2 rings (SSSR count). The molecule has 0 radical (unpaired) electrons. The molecule has 9 heteroatoms. The van der Waals surface area contributed by atoms with Crippen molar-refractivity contribution >= 4 is 28.9 Å². The second kappa shape index (κ2) is 7.31. The van der Waals surface area contributed by atoms with Crippen LogP contribution in [0.5, 0.6) is 0 Å². The fourth-order valence-electron chi connectivity index (χ4n) is 2.77. The minimum Gasteiger partial charge on any atom is -0.380 e. The average molecular weight is 357 g/mol. The van der Waals surface area contributed by atoms with Gasteiger partial charge in [-0.05, 0) is 39.5 Å². The molecule has 132 valence electrons. The summed E-state index contributed by atoms with van der Waals surface area (Å²) in [5, 5.41) is 27.5. The van der Waals surface area contributed by atoms with Gasteiger partial charge in [0.1, 0.15) is 22.6 Å². The number of aromatic nitrogens is 1. The minimum absolute atomic E-state index is 0.0426. The van der Waals surface area contributed by atoms with E-state index in [1.807, 2.05) is 13.8 Å². The first kappa shape index (κ1) is 18.4. The van der Waals surface area contributed by atoms with Gasteiger partial charge in [-0.3, -0.25) is 14.9 Å². The molecule has 1 aromatic rings. The lowest BCUT2D eigenvalue weighted by molar-refractivity contribution is -0.384. The number of halogens is 1. The number of nitro groups is 1. The van der Waals surface area contributed by atoms with Gasteiger partial charge in [-0.25, -0.2) is 4.98 Å². The molecule has 24 heavy (non-hydrogen) atoms. The lowest BCUT2D eigenvalue weighted by Gasteiger charge is -2.35. The Morgan fingerprint density at radius 1 is 1.50 bits per heavy atom. The van der Waals surface area contributed by atoms with Crippen LogP contribution in [0.2, 0.25) is 5.15 Å². The fraction of sp³-hybridized carbons (Fsp3) is 0.600. The van der Waals surface area contributed by atoms with Crippen molar-refractivity contribution in [3.05, 3.63) is 27.5 Å². The van der Waals surface area contributed by atoms with E-state index in [4.69, 9.17) is 11.6 Å². The maximum absolute atomic E-state index is 12.1. The Balaban J connectivity index is 2.02. The van der Waals surface area contributed by atoms with E-state index in [1.165, 1.54) is 6.07 Å². The first-order valence-electron chi connectivity index (χ1n) is 7.81. The average Bonchev–Trinajstić information content (AvgIpc) is 2.49. The number of carbonyl (C=O) groups excluding carboxylic acids is 1. The lowest BCUT2D eigenvalue weighted by atomic mass is 9.81. The van der Waals surface area contributed by atoms with Gasteiger partial charge in [-0.1, -0.05) is 11.6 Å². The van der Waals surface area contributed by atoms with E-state index < -0.39 is 10.5 Å². The van der Waals surface area contributed by atoms with Gasteiger partial charge >= 0.3 is 5.69 Å². The first-order valence-corrected chi connectivity index (χ1v) is 8.19. The van der Waals surface area contributed by atoms with Crippen LogP contribution in [0.1, 0.15) is 39.5 Å². The van der Waals surface area contributed by atoms with Gasteiger partial charge < -0.3 is 15.7 Å². The highest BCUT2D eigenvalue weighted by Gasteiger charge is 2.40. The Labute approximate surface area is 144 Å². The molecule has 1 aliphatic carbocycles. The van der Waals surface area contributed by atoms with Gasteiger partial charge in [-0.2, -0.15) is 0 Å². The molecule has 0 unspecified atom stereocenters. The summed E-state index contributed by atoms with van der Waals surface area (Å²) in [4.78, 5) is 26.3. The molecule has 1 heterocycles. The Hall–Kier alpha value is -1.93. The summed E-state index contributed by atoms with van der Waals surface area (Å²) >= 11 is 5.81. The van der Waals surface area contributed by atoms with E-state index in [-0.39, 0.29) is 41.7 Å². The van der Waals surface area contributed by atoms with E-state index >= 15 is 0 Å². The number of hydrogen-bond donors (Lipinski definition) is 3. The van der Waals surface area contributed by atoms with Gasteiger partial charge in [-0.15, -0.1) is 0 Å². The Bertz CT molecular complexity index is 630. The second-order valence-electron chi connectivity index (χ2n) is 6.36. The van der Waals surface area contributed by atoms with Crippen LogP contribution in [0.15, 0.2) is 12.3 Å². The molecule has 3 N–H and O–H groups in total. The van der Waals surface area contributed by atoms with Crippen molar-refractivity contribution in [3.8, 4) is 0 Å². The van der Waals surface area contributed by atoms with Crippen molar-refractivity contribution in [1.82, 2.24) is 10.3 Å². The zero-order valence-electron chi connectivity index (χ0n) is 13.6. The van der Waals surface area contributed by atoms with Crippen LogP contribution in [0, 0.1) is 10.1 Å². The third-order valence-electron chi connectivity index (χ3n) is 4.06. The van der Waals surface area contributed by atoms with Gasteiger partial charge in [0.25, 0.3) is 5.91 Å². The molecule has 0 saturated heterocycles. The normalized spacial score (nSPS) is 23.8. The highest BCUT2D eigenvalue weighted by molar-refractivity contribution is 6.29. The number of carbonyl (C=O) groups is 1. The standard InChI is InChI=1S/C15H21ClN4O4/c1-9(2)18-14(21)15(22)5-3-10(4-6-15)19-11-7-13(16)17-8-12(11)20(23)24/h7-10,22H,3-6H2,1-2H3,(H,17,19)(H,18,21)/t10-,15-. The van der Waals surface area contributed by atoms with E-state index in [9.17, 15) is 20.0 Å². The topological polar surface area (TPSA) is 117 Å². The predicted molar refractivity (Wildman–Crippen MR) is 90.0 cm³/mol. The number of anilines is 1. The third-order valence-corrected chi connectivity index (χ3v) is 4.27. The highest BCUT2D eigenvalue weighted by Crippen LogP contribution is 2.33. The molecule has 0 spiro atoms. The van der Waals surface area contributed by atoms with Crippen LogP contribution in [-0.2, 0) is 4.79 Å². The monoisotopic (exact) mass is 356 g/mol. The molecule has 0 bridgehead atoms. The summed E-state index contributed by atoms with van der Waals surface area (Å²) < 4.78 is 0. The molecule has 1 aromatic heterocycles. The number of hydrogen-bond acceptors (Lipinski definition) is 6. The SMILES string of the molecule is CC(C)NC(=O)[C@]1(O)CC[C@H](Nc2cc(Cl)ncc2[N+](=O)[O-])CC1. The van der Waals surface area contributed by atoms with E-state index in [1.54, 1.807) is 0 Å². The maximum Gasteiger partial charge on any atom is 0.310 e. The molecule has 0 aromatic carbocycles. The van der Waals surface area contributed by atoms with Crippen molar-refractivity contribution in [2.45, 2.75) is 57.2 Å². The molecule has 1 aliphatic rings. The van der Waals surface area contributed by atoms with Crippen molar-refractivity contribution < 1.29 is 14.8 Å². The number of nitrogens with zero attached hydrogens (tertiary/aromatic N) is 2. The smallest absolute Gasteiger partial charge is 0.310 e. The van der Waals surface area contributed by atoms with Crippen molar-refractivity contribution in [2.24, 2.45) is 0 Å². The predicted octanol–water partition coefficient (Wildman–Crippen LogP) is 2.25. The number of pyridine rings is 1. The summed E-state index contributed by atoms with van der Waals surface area (Å²) in [5.41, 5.74) is -1.25. The minimum atomic E-state index is -1.38. The Morgan fingerprint density at radius 3 is 2.67 bits per heavy atom. The third kappa shape index (κ3) is 4.33. The maximum atomic E-state index is 12.1. The molecule has 1 saturated carbocycles.